The number of rotatable bonds is 6. The number of methoxy groups -OCH3 is 2. The Bertz CT molecular complexity index is 542. The predicted octanol–water partition coefficient (Wildman–Crippen LogP) is 2.23. The van der Waals surface area contributed by atoms with Crippen LogP contribution < -0.4 is 4.74 Å². The highest BCUT2D eigenvalue weighted by Crippen LogP contribution is 2.25. The van der Waals surface area contributed by atoms with E-state index in [0.29, 0.717) is 6.61 Å². The normalized spacial score (nSPS) is 10.7. The average molecular weight is 279 g/mol. The van der Waals surface area contributed by atoms with Crippen molar-refractivity contribution in [2.45, 2.75) is 5.16 Å². The first-order chi connectivity index (χ1) is 9.26. The van der Waals surface area contributed by atoms with Gasteiger partial charge in [0.1, 0.15) is 5.75 Å². The highest BCUT2D eigenvalue weighted by Gasteiger charge is 2.11. The Morgan fingerprint density at radius 1 is 1.26 bits per heavy atom. The molecule has 1 heterocycles. The molecule has 0 atom stereocenters. The van der Waals surface area contributed by atoms with Gasteiger partial charge in [-0.15, -0.1) is 10.2 Å². The molecule has 0 aliphatic rings. The van der Waals surface area contributed by atoms with Crippen LogP contribution in [0.1, 0.15) is 0 Å². The lowest BCUT2D eigenvalue weighted by molar-refractivity contribution is 0.218. The van der Waals surface area contributed by atoms with Crippen molar-refractivity contribution in [3.8, 4) is 17.1 Å². The van der Waals surface area contributed by atoms with Gasteiger partial charge >= 0.3 is 0 Å². The maximum atomic E-state index is 5.22. The van der Waals surface area contributed by atoms with E-state index in [1.807, 2.05) is 35.9 Å². The van der Waals surface area contributed by atoms with Crippen molar-refractivity contribution < 1.29 is 9.47 Å². The van der Waals surface area contributed by atoms with Gasteiger partial charge in [-0.25, -0.2) is 0 Å². The van der Waals surface area contributed by atoms with Crippen LogP contribution in [0.15, 0.2) is 29.4 Å². The molecule has 2 aromatic rings. The third kappa shape index (κ3) is 3.27. The molecule has 0 saturated carbocycles. The van der Waals surface area contributed by atoms with Crippen molar-refractivity contribution in [2.75, 3.05) is 26.6 Å². The molecule has 0 unspecified atom stereocenters. The van der Waals surface area contributed by atoms with Crippen LogP contribution in [0.2, 0.25) is 0 Å². The van der Waals surface area contributed by atoms with Crippen molar-refractivity contribution in [3.63, 3.8) is 0 Å². The van der Waals surface area contributed by atoms with Gasteiger partial charge < -0.3 is 14.0 Å². The van der Waals surface area contributed by atoms with Crippen LogP contribution in [-0.2, 0) is 11.8 Å². The lowest BCUT2D eigenvalue weighted by atomic mass is 10.2. The number of hydrogen-bond donors (Lipinski definition) is 0. The summed E-state index contributed by atoms with van der Waals surface area (Å²) in [5.41, 5.74) is 0.993. The third-order valence-corrected chi connectivity index (χ3v) is 3.67. The Balaban J connectivity index is 2.20. The van der Waals surface area contributed by atoms with E-state index in [1.165, 1.54) is 0 Å². The fourth-order valence-corrected chi connectivity index (χ4v) is 2.48. The molecular formula is C13H17N3O2S. The van der Waals surface area contributed by atoms with Crippen LogP contribution in [0, 0.1) is 0 Å². The number of ether oxygens (including phenoxy) is 2. The summed E-state index contributed by atoms with van der Waals surface area (Å²) in [7, 11) is 5.31. The summed E-state index contributed by atoms with van der Waals surface area (Å²) in [5, 5.41) is 9.32. The summed E-state index contributed by atoms with van der Waals surface area (Å²) in [6, 6.07) is 7.80. The number of hydrogen-bond acceptors (Lipinski definition) is 5. The summed E-state index contributed by atoms with van der Waals surface area (Å²) in [6.45, 7) is 0.700. The van der Waals surface area contributed by atoms with Crippen molar-refractivity contribution >= 4 is 11.8 Å². The van der Waals surface area contributed by atoms with E-state index in [9.17, 15) is 0 Å². The van der Waals surface area contributed by atoms with Gasteiger partial charge in [0.2, 0.25) is 0 Å². The Morgan fingerprint density at radius 3 is 2.84 bits per heavy atom. The molecule has 0 aliphatic heterocycles. The molecule has 0 spiro atoms. The summed E-state index contributed by atoms with van der Waals surface area (Å²) in [4.78, 5) is 0. The topological polar surface area (TPSA) is 49.2 Å². The Hall–Kier alpha value is -1.53. The van der Waals surface area contributed by atoms with Crippen molar-refractivity contribution in [3.05, 3.63) is 24.3 Å². The molecule has 6 heteroatoms. The first kappa shape index (κ1) is 13.9. The molecule has 19 heavy (non-hydrogen) atoms. The Kier molecular flexibility index (Phi) is 4.81. The van der Waals surface area contributed by atoms with Crippen LogP contribution in [0.4, 0.5) is 0 Å². The number of nitrogens with zero attached hydrogens (tertiary/aromatic N) is 3. The van der Waals surface area contributed by atoms with Gasteiger partial charge in [-0.1, -0.05) is 23.9 Å². The molecule has 0 amide bonds. The van der Waals surface area contributed by atoms with E-state index in [0.717, 1.165) is 28.0 Å². The van der Waals surface area contributed by atoms with Gasteiger partial charge in [0.25, 0.3) is 0 Å². The minimum atomic E-state index is 0.700. The smallest absolute Gasteiger partial charge is 0.191 e. The van der Waals surface area contributed by atoms with Gasteiger partial charge in [0.15, 0.2) is 11.0 Å². The van der Waals surface area contributed by atoms with Crippen molar-refractivity contribution in [2.24, 2.45) is 7.05 Å². The fourth-order valence-electron chi connectivity index (χ4n) is 1.67. The highest BCUT2D eigenvalue weighted by atomic mass is 32.2. The monoisotopic (exact) mass is 279 g/mol. The minimum absolute atomic E-state index is 0.700. The maximum absolute atomic E-state index is 5.22. The molecule has 0 fully saturated rings. The maximum Gasteiger partial charge on any atom is 0.191 e. The van der Waals surface area contributed by atoms with Crippen molar-refractivity contribution in [1.29, 1.82) is 0 Å². The second-order valence-electron chi connectivity index (χ2n) is 3.94. The predicted molar refractivity (Wildman–Crippen MR) is 75.6 cm³/mol. The zero-order chi connectivity index (χ0) is 13.7. The SMILES string of the molecule is COCCSc1nnc(-c2cccc(OC)c2)n1C. The summed E-state index contributed by atoms with van der Waals surface area (Å²) in [5.74, 6) is 2.51. The summed E-state index contributed by atoms with van der Waals surface area (Å²) in [6.07, 6.45) is 0. The Morgan fingerprint density at radius 2 is 2.11 bits per heavy atom. The van der Waals surface area contributed by atoms with Crippen LogP contribution in [0.5, 0.6) is 5.75 Å². The van der Waals surface area contributed by atoms with E-state index in [2.05, 4.69) is 10.2 Å². The van der Waals surface area contributed by atoms with Gasteiger partial charge in [-0.3, -0.25) is 0 Å². The van der Waals surface area contributed by atoms with Crippen LogP contribution >= 0.6 is 11.8 Å². The van der Waals surface area contributed by atoms with Gasteiger partial charge in [0, 0.05) is 25.5 Å². The molecule has 0 N–H and O–H groups in total. The third-order valence-electron chi connectivity index (χ3n) is 2.68. The van der Waals surface area contributed by atoms with E-state index in [4.69, 9.17) is 9.47 Å². The zero-order valence-corrected chi connectivity index (χ0v) is 12.1. The quantitative estimate of drug-likeness (QED) is 0.599. The molecule has 2 rings (SSSR count). The van der Waals surface area contributed by atoms with Gasteiger partial charge in [-0.05, 0) is 12.1 Å². The first-order valence-electron chi connectivity index (χ1n) is 5.92. The molecule has 102 valence electrons. The van der Waals surface area contributed by atoms with Gasteiger partial charge in [-0.2, -0.15) is 0 Å². The standard InChI is InChI=1S/C13H17N3O2S/c1-16-12(10-5-4-6-11(9-10)18-3)14-15-13(16)19-8-7-17-2/h4-6,9H,7-8H2,1-3H3. The lowest BCUT2D eigenvalue weighted by Gasteiger charge is -2.05. The lowest BCUT2D eigenvalue weighted by Crippen LogP contribution is -1.97. The summed E-state index contributed by atoms with van der Waals surface area (Å²) < 4.78 is 12.2. The Labute approximate surface area is 116 Å². The number of aromatic nitrogens is 3. The molecule has 1 aromatic heterocycles. The molecule has 5 nitrogen and oxygen atoms in total. The zero-order valence-electron chi connectivity index (χ0n) is 11.3. The van der Waals surface area contributed by atoms with Gasteiger partial charge in [0.05, 0.1) is 13.7 Å². The van der Waals surface area contributed by atoms with E-state index in [1.54, 1.807) is 26.0 Å². The molecular weight excluding hydrogens is 262 g/mol. The van der Waals surface area contributed by atoms with Crippen LogP contribution in [0.25, 0.3) is 11.4 Å². The largest absolute Gasteiger partial charge is 0.497 e. The fraction of sp³-hybridized carbons (Fsp3) is 0.385. The van der Waals surface area contributed by atoms with E-state index >= 15 is 0 Å². The molecule has 0 radical (unpaired) electrons. The second kappa shape index (κ2) is 6.58. The number of thioether (sulfide) groups is 1. The molecule has 0 aliphatic carbocycles. The highest BCUT2D eigenvalue weighted by molar-refractivity contribution is 7.99. The van der Waals surface area contributed by atoms with Crippen LogP contribution in [0.3, 0.4) is 0 Å². The van der Waals surface area contributed by atoms with Crippen LogP contribution in [-0.4, -0.2) is 41.3 Å². The van der Waals surface area contributed by atoms with Crippen molar-refractivity contribution in [1.82, 2.24) is 14.8 Å². The molecule has 0 saturated heterocycles. The van der Waals surface area contributed by atoms with E-state index in [-0.39, 0.29) is 0 Å². The second-order valence-corrected chi connectivity index (χ2v) is 5.00. The average Bonchev–Trinajstić information content (AvgIpc) is 2.81. The first-order valence-corrected chi connectivity index (χ1v) is 6.90. The number of benzene rings is 1. The summed E-state index contributed by atoms with van der Waals surface area (Å²) >= 11 is 1.63. The minimum Gasteiger partial charge on any atom is -0.497 e. The molecule has 1 aromatic carbocycles. The van der Waals surface area contributed by atoms with E-state index < -0.39 is 0 Å². The molecule has 0 bridgehead atoms.